The maximum Gasteiger partial charge on any atom is 0.410 e. The summed E-state index contributed by atoms with van der Waals surface area (Å²) in [5.74, 6) is 0.623. The number of carbonyl (C=O) groups is 1. The molecule has 0 radical (unpaired) electrons. The third kappa shape index (κ3) is 4.02. The molecule has 1 N–H and O–H groups in total. The Bertz CT molecular complexity index is 690. The molecular formula is C23H34N4O2. The van der Waals surface area contributed by atoms with Crippen molar-refractivity contribution in [1.82, 2.24) is 20.1 Å². The summed E-state index contributed by atoms with van der Waals surface area (Å²) in [4.78, 5) is 21.7. The second-order valence-electron chi connectivity index (χ2n) is 9.64. The van der Waals surface area contributed by atoms with E-state index in [0.717, 1.165) is 31.1 Å². The van der Waals surface area contributed by atoms with E-state index in [1.54, 1.807) is 6.20 Å². The maximum absolute atomic E-state index is 12.7. The molecule has 5 rings (SSSR count). The molecule has 3 saturated heterocycles. The fourth-order valence-corrected chi connectivity index (χ4v) is 6.22. The first-order valence-corrected chi connectivity index (χ1v) is 11.5. The van der Waals surface area contributed by atoms with Crippen LogP contribution in [0.5, 0.6) is 0 Å². The van der Waals surface area contributed by atoms with Crippen molar-refractivity contribution in [3.05, 3.63) is 30.1 Å². The molecule has 158 valence electrons. The van der Waals surface area contributed by atoms with Crippen LogP contribution in [0.1, 0.15) is 50.6 Å². The number of hydrogen-bond donors (Lipinski definition) is 1. The highest BCUT2D eigenvalue weighted by molar-refractivity contribution is 5.68. The van der Waals surface area contributed by atoms with Crippen LogP contribution < -0.4 is 5.32 Å². The van der Waals surface area contributed by atoms with E-state index >= 15 is 0 Å². The third-order valence-electron chi connectivity index (χ3n) is 7.91. The first-order chi connectivity index (χ1) is 14.2. The van der Waals surface area contributed by atoms with Gasteiger partial charge >= 0.3 is 6.09 Å². The van der Waals surface area contributed by atoms with Crippen molar-refractivity contribution in [3.63, 3.8) is 0 Å². The SMILES string of the molecule is O=C(OCc1ccccn1)N1CCCC1C1CCN(C2CC3(CCNC3)C2)CC1. The van der Waals surface area contributed by atoms with Crippen molar-refractivity contribution < 1.29 is 9.53 Å². The monoisotopic (exact) mass is 398 g/mol. The Hall–Kier alpha value is -1.66. The Labute approximate surface area is 174 Å². The molecule has 1 aliphatic carbocycles. The van der Waals surface area contributed by atoms with Crippen molar-refractivity contribution in [1.29, 1.82) is 0 Å². The van der Waals surface area contributed by atoms with Gasteiger partial charge in [0.05, 0.1) is 5.69 Å². The Morgan fingerprint density at radius 2 is 2.07 bits per heavy atom. The average molecular weight is 399 g/mol. The van der Waals surface area contributed by atoms with Gasteiger partial charge in [-0.15, -0.1) is 0 Å². The van der Waals surface area contributed by atoms with Crippen LogP contribution in [0.4, 0.5) is 4.79 Å². The van der Waals surface area contributed by atoms with Crippen LogP contribution in [0, 0.1) is 11.3 Å². The van der Waals surface area contributed by atoms with Crippen LogP contribution >= 0.6 is 0 Å². The van der Waals surface area contributed by atoms with Gasteiger partial charge in [-0.3, -0.25) is 4.98 Å². The standard InChI is InChI=1S/C23H34N4O2/c28-22(29-16-19-4-1-2-9-25-19)27-11-3-5-21(27)18-6-12-26(13-7-18)20-14-23(15-20)8-10-24-17-23/h1-2,4,9,18,20-21,24H,3,5-8,10-17H2. The van der Waals surface area contributed by atoms with E-state index in [1.807, 2.05) is 23.1 Å². The lowest BCUT2D eigenvalue weighted by Crippen LogP contribution is -2.55. The molecule has 4 fully saturated rings. The Balaban J connectivity index is 1.10. The summed E-state index contributed by atoms with van der Waals surface area (Å²) >= 11 is 0. The molecule has 1 amide bonds. The number of hydrogen-bond acceptors (Lipinski definition) is 5. The molecular weight excluding hydrogens is 364 g/mol. The molecule has 6 nitrogen and oxygen atoms in total. The van der Waals surface area contributed by atoms with Crippen molar-refractivity contribution in [3.8, 4) is 0 Å². The van der Waals surface area contributed by atoms with Crippen molar-refractivity contribution in [2.24, 2.45) is 11.3 Å². The Kier molecular flexibility index (Phi) is 5.48. The van der Waals surface area contributed by atoms with E-state index in [4.69, 9.17) is 4.74 Å². The topological polar surface area (TPSA) is 57.7 Å². The maximum atomic E-state index is 12.7. The van der Waals surface area contributed by atoms with Crippen LogP contribution in [0.3, 0.4) is 0 Å². The van der Waals surface area contributed by atoms with Gasteiger partial charge in [0.25, 0.3) is 0 Å². The fraction of sp³-hybridized carbons (Fsp3) is 0.739. The highest BCUT2D eigenvalue weighted by atomic mass is 16.6. The predicted molar refractivity (Wildman–Crippen MR) is 111 cm³/mol. The van der Waals surface area contributed by atoms with Crippen molar-refractivity contribution in [2.75, 3.05) is 32.7 Å². The van der Waals surface area contributed by atoms with Gasteiger partial charge < -0.3 is 19.9 Å². The van der Waals surface area contributed by atoms with E-state index in [-0.39, 0.29) is 12.7 Å². The fourth-order valence-electron chi connectivity index (χ4n) is 6.22. The highest BCUT2D eigenvalue weighted by Crippen LogP contribution is 2.48. The zero-order valence-corrected chi connectivity index (χ0v) is 17.4. The van der Waals surface area contributed by atoms with Gasteiger partial charge in [-0.05, 0) is 88.0 Å². The molecule has 1 saturated carbocycles. The molecule has 1 atom stereocenters. The molecule has 3 aliphatic heterocycles. The summed E-state index contributed by atoms with van der Waals surface area (Å²) in [6, 6.07) is 6.87. The van der Waals surface area contributed by atoms with E-state index in [0.29, 0.717) is 17.4 Å². The predicted octanol–water partition coefficient (Wildman–Crippen LogP) is 3.04. The van der Waals surface area contributed by atoms with Gasteiger partial charge in [-0.2, -0.15) is 0 Å². The number of ether oxygens (including phenoxy) is 1. The van der Waals surface area contributed by atoms with Gasteiger partial charge in [-0.1, -0.05) is 6.07 Å². The van der Waals surface area contributed by atoms with Gasteiger partial charge in [0.1, 0.15) is 6.61 Å². The van der Waals surface area contributed by atoms with Crippen LogP contribution in [0.15, 0.2) is 24.4 Å². The molecule has 1 aromatic rings. The number of nitrogens with zero attached hydrogens (tertiary/aromatic N) is 3. The molecule has 4 heterocycles. The number of amides is 1. The van der Waals surface area contributed by atoms with E-state index in [1.165, 1.54) is 58.3 Å². The summed E-state index contributed by atoms with van der Waals surface area (Å²) in [5.41, 5.74) is 1.43. The van der Waals surface area contributed by atoms with Gasteiger partial charge in [0.15, 0.2) is 0 Å². The van der Waals surface area contributed by atoms with E-state index in [9.17, 15) is 4.79 Å². The van der Waals surface area contributed by atoms with Crippen LogP contribution in [-0.4, -0.2) is 65.7 Å². The van der Waals surface area contributed by atoms with Crippen LogP contribution in [0.2, 0.25) is 0 Å². The van der Waals surface area contributed by atoms with E-state index in [2.05, 4.69) is 15.2 Å². The smallest absolute Gasteiger partial charge is 0.410 e. The minimum absolute atomic E-state index is 0.157. The van der Waals surface area contributed by atoms with Gasteiger partial charge in [0.2, 0.25) is 0 Å². The van der Waals surface area contributed by atoms with Crippen molar-refractivity contribution in [2.45, 2.75) is 63.6 Å². The number of likely N-dealkylation sites (tertiary alicyclic amines) is 2. The highest BCUT2D eigenvalue weighted by Gasteiger charge is 2.48. The minimum atomic E-state index is -0.157. The molecule has 0 bridgehead atoms. The zero-order chi connectivity index (χ0) is 19.7. The summed E-state index contributed by atoms with van der Waals surface area (Å²) in [6.07, 6.45) is 10.4. The lowest BCUT2D eigenvalue weighted by atomic mass is 9.64. The Morgan fingerprint density at radius 3 is 2.79 bits per heavy atom. The normalized spacial score (nSPS) is 33.2. The Morgan fingerprint density at radius 1 is 1.21 bits per heavy atom. The average Bonchev–Trinajstić information content (AvgIpc) is 3.42. The minimum Gasteiger partial charge on any atom is -0.443 e. The number of aromatic nitrogens is 1. The lowest BCUT2D eigenvalue weighted by Gasteiger charge is -2.52. The first-order valence-electron chi connectivity index (χ1n) is 11.5. The summed E-state index contributed by atoms with van der Waals surface area (Å²) < 4.78 is 5.58. The molecule has 4 aliphatic rings. The zero-order valence-electron chi connectivity index (χ0n) is 17.4. The van der Waals surface area contributed by atoms with Gasteiger partial charge in [-0.25, -0.2) is 4.79 Å². The largest absolute Gasteiger partial charge is 0.443 e. The lowest BCUT2D eigenvalue weighted by molar-refractivity contribution is -0.0112. The second-order valence-corrected chi connectivity index (χ2v) is 9.64. The van der Waals surface area contributed by atoms with Crippen molar-refractivity contribution >= 4 is 6.09 Å². The molecule has 0 aromatic carbocycles. The second kappa shape index (κ2) is 8.23. The van der Waals surface area contributed by atoms with E-state index < -0.39 is 0 Å². The number of pyridine rings is 1. The number of carbonyl (C=O) groups excluding carboxylic acids is 1. The van der Waals surface area contributed by atoms with Crippen LogP contribution in [-0.2, 0) is 11.3 Å². The quantitative estimate of drug-likeness (QED) is 0.845. The molecule has 29 heavy (non-hydrogen) atoms. The van der Waals surface area contributed by atoms with Crippen LogP contribution in [0.25, 0.3) is 0 Å². The summed E-state index contributed by atoms with van der Waals surface area (Å²) in [7, 11) is 0. The number of piperidine rings is 1. The number of rotatable bonds is 4. The summed E-state index contributed by atoms with van der Waals surface area (Å²) in [6.45, 7) is 5.95. The first kappa shape index (κ1) is 19.3. The third-order valence-corrected chi connectivity index (χ3v) is 7.91. The number of nitrogens with one attached hydrogen (secondary N) is 1. The molecule has 1 aromatic heterocycles. The molecule has 1 spiro atoms. The molecule has 6 heteroatoms. The van der Waals surface area contributed by atoms with Gasteiger partial charge in [0, 0.05) is 31.4 Å². The summed E-state index contributed by atoms with van der Waals surface area (Å²) in [5, 5.41) is 3.55. The molecule has 1 unspecified atom stereocenters.